The second kappa shape index (κ2) is 3.03. The van der Waals surface area contributed by atoms with Crippen molar-refractivity contribution in [3.63, 3.8) is 0 Å². The smallest absolute Gasteiger partial charge is 0.141 e. The molecule has 0 saturated heterocycles. The standard InChI is InChI=1S/C10H10N2O/c11-9(6-13)8-5-12-10-4-2-1-3-7(8)10/h1-6,9,12H,11H2. The zero-order chi connectivity index (χ0) is 9.26. The van der Waals surface area contributed by atoms with Gasteiger partial charge in [-0.25, -0.2) is 0 Å². The van der Waals surface area contributed by atoms with Gasteiger partial charge in [-0.2, -0.15) is 0 Å². The van der Waals surface area contributed by atoms with Crippen molar-refractivity contribution in [3.8, 4) is 0 Å². The van der Waals surface area contributed by atoms with Crippen LogP contribution in [0.3, 0.4) is 0 Å². The third kappa shape index (κ3) is 1.23. The van der Waals surface area contributed by atoms with E-state index in [1.807, 2.05) is 24.3 Å². The zero-order valence-corrected chi connectivity index (χ0v) is 7.03. The van der Waals surface area contributed by atoms with Crippen molar-refractivity contribution in [3.05, 3.63) is 36.0 Å². The summed E-state index contributed by atoms with van der Waals surface area (Å²) < 4.78 is 0. The molecular weight excluding hydrogens is 164 g/mol. The molecule has 1 heterocycles. The highest BCUT2D eigenvalue weighted by atomic mass is 16.1. The molecular formula is C10H10N2O. The van der Waals surface area contributed by atoms with Gasteiger partial charge in [0.1, 0.15) is 6.29 Å². The monoisotopic (exact) mass is 174 g/mol. The number of nitrogens with one attached hydrogen (secondary N) is 1. The van der Waals surface area contributed by atoms with Gasteiger partial charge in [-0.3, -0.25) is 0 Å². The molecule has 0 amide bonds. The molecule has 3 nitrogen and oxygen atoms in total. The number of fused-ring (bicyclic) bond motifs is 1. The summed E-state index contributed by atoms with van der Waals surface area (Å²) in [6, 6.07) is 7.24. The molecule has 13 heavy (non-hydrogen) atoms. The maximum atomic E-state index is 10.5. The first-order valence-electron chi connectivity index (χ1n) is 4.10. The topological polar surface area (TPSA) is 58.9 Å². The summed E-state index contributed by atoms with van der Waals surface area (Å²) in [4.78, 5) is 13.6. The minimum atomic E-state index is -0.531. The molecule has 3 heteroatoms. The molecule has 3 N–H and O–H groups in total. The van der Waals surface area contributed by atoms with Crippen molar-refractivity contribution in [1.82, 2.24) is 4.98 Å². The average molecular weight is 174 g/mol. The molecule has 1 aromatic carbocycles. The Labute approximate surface area is 75.6 Å². The Morgan fingerprint density at radius 2 is 2.15 bits per heavy atom. The first-order chi connectivity index (χ1) is 6.33. The van der Waals surface area contributed by atoms with Crippen LogP contribution in [-0.4, -0.2) is 11.3 Å². The second-order valence-corrected chi connectivity index (χ2v) is 2.95. The van der Waals surface area contributed by atoms with Gasteiger partial charge in [-0.1, -0.05) is 18.2 Å². The summed E-state index contributed by atoms with van der Waals surface area (Å²) in [6.45, 7) is 0. The predicted octanol–water partition coefficient (Wildman–Crippen LogP) is 1.37. The third-order valence-electron chi connectivity index (χ3n) is 2.13. The molecule has 1 unspecified atom stereocenters. The molecule has 0 spiro atoms. The number of H-pyrrole nitrogens is 1. The Morgan fingerprint density at radius 1 is 1.38 bits per heavy atom. The van der Waals surface area contributed by atoms with Crippen LogP contribution >= 0.6 is 0 Å². The molecule has 0 aliphatic heterocycles. The first kappa shape index (κ1) is 8.01. The fraction of sp³-hybridized carbons (Fsp3) is 0.100. The molecule has 0 aliphatic rings. The number of para-hydroxylation sites is 1. The van der Waals surface area contributed by atoms with Crippen LogP contribution < -0.4 is 5.73 Å². The first-order valence-corrected chi connectivity index (χ1v) is 4.10. The average Bonchev–Trinajstić information content (AvgIpc) is 2.60. The van der Waals surface area contributed by atoms with Gasteiger partial charge in [0.25, 0.3) is 0 Å². The lowest BCUT2D eigenvalue weighted by Crippen LogP contribution is -2.10. The van der Waals surface area contributed by atoms with Crippen LogP contribution in [0.5, 0.6) is 0 Å². The highest BCUT2D eigenvalue weighted by molar-refractivity contribution is 5.86. The van der Waals surface area contributed by atoms with Crippen LogP contribution in [0.15, 0.2) is 30.5 Å². The summed E-state index contributed by atoms with van der Waals surface area (Å²) in [5.41, 5.74) is 7.48. The Hall–Kier alpha value is -1.61. The van der Waals surface area contributed by atoms with Crippen molar-refractivity contribution in [1.29, 1.82) is 0 Å². The van der Waals surface area contributed by atoms with Crippen molar-refractivity contribution in [2.75, 3.05) is 0 Å². The lowest BCUT2D eigenvalue weighted by Gasteiger charge is -2.00. The van der Waals surface area contributed by atoms with Crippen LogP contribution in [0.25, 0.3) is 10.9 Å². The maximum Gasteiger partial charge on any atom is 0.141 e. The largest absolute Gasteiger partial charge is 0.361 e. The van der Waals surface area contributed by atoms with Crippen molar-refractivity contribution in [2.45, 2.75) is 6.04 Å². The van der Waals surface area contributed by atoms with Gasteiger partial charge in [-0.05, 0) is 6.07 Å². The minimum absolute atomic E-state index is 0.531. The zero-order valence-electron chi connectivity index (χ0n) is 7.03. The maximum absolute atomic E-state index is 10.5. The SMILES string of the molecule is NC(C=O)c1c[nH]c2ccccc12. The van der Waals surface area contributed by atoms with E-state index in [9.17, 15) is 4.79 Å². The molecule has 2 aromatic rings. The lowest BCUT2D eigenvalue weighted by molar-refractivity contribution is -0.108. The fourth-order valence-corrected chi connectivity index (χ4v) is 1.44. The third-order valence-corrected chi connectivity index (χ3v) is 2.13. The van der Waals surface area contributed by atoms with E-state index < -0.39 is 6.04 Å². The van der Waals surface area contributed by atoms with E-state index in [1.165, 1.54) is 0 Å². The number of benzene rings is 1. The second-order valence-electron chi connectivity index (χ2n) is 2.95. The quantitative estimate of drug-likeness (QED) is 0.675. The predicted molar refractivity (Wildman–Crippen MR) is 51.3 cm³/mol. The number of hydrogen-bond donors (Lipinski definition) is 2. The highest BCUT2D eigenvalue weighted by Crippen LogP contribution is 2.21. The van der Waals surface area contributed by atoms with Gasteiger partial charge in [0.2, 0.25) is 0 Å². The minimum Gasteiger partial charge on any atom is -0.361 e. The summed E-state index contributed by atoms with van der Waals surface area (Å²) in [6.07, 6.45) is 2.53. The molecule has 1 aromatic heterocycles. The van der Waals surface area contributed by atoms with Gasteiger partial charge < -0.3 is 15.5 Å². The van der Waals surface area contributed by atoms with E-state index in [0.717, 1.165) is 22.8 Å². The number of carbonyl (C=O) groups excluding carboxylic acids is 1. The van der Waals surface area contributed by atoms with Gasteiger partial charge in [0.05, 0.1) is 6.04 Å². The molecule has 0 bridgehead atoms. The van der Waals surface area contributed by atoms with E-state index in [4.69, 9.17) is 5.73 Å². The summed E-state index contributed by atoms with van der Waals surface area (Å²) >= 11 is 0. The summed E-state index contributed by atoms with van der Waals surface area (Å²) in [5, 5.41) is 1.02. The van der Waals surface area contributed by atoms with Gasteiger partial charge in [0.15, 0.2) is 0 Å². The molecule has 0 saturated carbocycles. The number of hydrogen-bond acceptors (Lipinski definition) is 2. The molecule has 66 valence electrons. The number of aromatic nitrogens is 1. The van der Waals surface area contributed by atoms with Crippen molar-refractivity contribution in [2.24, 2.45) is 5.73 Å². The van der Waals surface area contributed by atoms with E-state index in [0.29, 0.717) is 0 Å². The number of aromatic amines is 1. The van der Waals surface area contributed by atoms with E-state index in [2.05, 4.69) is 4.98 Å². The molecule has 0 fully saturated rings. The van der Waals surface area contributed by atoms with Crippen molar-refractivity contribution >= 4 is 17.2 Å². The Bertz CT molecular complexity index is 433. The number of nitrogens with two attached hydrogens (primary N) is 1. The Kier molecular flexibility index (Phi) is 1.87. The molecule has 2 rings (SSSR count). The molecule has 0 aliphatic carbocycles. The molecule has 1 atom stereocenters. The van der Waals surface area contributed by atoms with Crippen LogP contribution in [0.1, 0.15) is 11.6 Å². The van der Waals surface area contributed by atoms with Crippen LogP contribution in [0.2, 0.25) is 0 Å². The fourth-order valence-electron chi connectivity index (χ4n) is 1.44. The van der Waals surface area contributed by atoms with Crippen LogP contribution in [0, 0.1) is 0 Å². The Balaban J connectivity index is 2.64. The summed E-state index contributed by atoms with van der Waals surface area (Å²) in [7, 11) is 0. The lowest BCUT2D eigenvalue weighted by atomic mass is 10.1. The van der Waals surface area contributed by atoms with Gasteiger partial charge in [0, 0.05) is 22.7 Å². The van der Waals surface area contributed by atoms with Crippen LogP contribution in [0.4, 0.5) is 0 Å². The van der Waals surface area contributed by atoms with E-state index >= 15 is 0 Å². The van der Waals surface area contributed by atoms with Gasteiger partial charge in [-0.15, -0.1) is 0 Å². The highest BCUT2D eigenvalue weighted by Gasteiger charge is 2.09. The Morgan fingerprint density at radius 3 is 2.92 bits per heavy atom. The normalized spacial score (nSPS) is 13.0. The molecule has 0 radical (unpaired) electrons. The number of carbonyl (C=O) groups is 1. The summed E-state index contributed by atoms with van der Waals surface area (Å²) in [5.74, 6) is 0. The number of rotatable bonds is 2. The van der Waals surface area contributed by atoms with E-state index in [1.54, 1.807) is 6.20 Å². The van der Waals surface area contributed by atoms with Crippen LogP contribution in [-0.2, 0) is 4.79 Å². The van der Waals surface area contributed by atoms with Crippen molar-refractivity contribution < 1.29 is 4.79 Å². The number of aldehydes is 1. The van der Waals surface area contributed by atoms with Gasteiger partial charge >= 0.3 is 0 Å². The van der Waals surface area contributed by atoms with E-state index in [-0.39, 0.29) is 0 Å².